The van der Waals surface area contributed by atoms with Gasteiger partial charge >= 0.3 is 0 Å². The Morgan fingerprint density at radius 2 is 1.33 bits per heavy atom. The van der Waals surface area contributed by atoms with Crippen LogP contribution in [0.25, 0.3) is 0 Å². The van der Waals surface area contributed by atoms with Crippen LogP contribution in [0.15, 0.2) is 109 Å². The van der Waals surface area contributed by atoms with E-state index in [1.165, 1.54) is 12.1 Å². The van der Waals surface area contributed by atoms with Crippen LogP contribution in [0.2, 0.25) is 0 Å². The largest absolute Gasteiger partial charge is 0.370 e. The van der Waals surface area contributed by atoms with Crippen molar-refractivity contribution in [3.63, 3.8) is 0 Å². The van der Waals surface area contributed by atoms with Crippen LogP contribution in [0, 0.1) is 11.6 Å². The summed E-state index contributed by atoms with van der Waals surface area (Å²) in [6.45, 7) is 3.63. The van der Waals surface area contributed by atoms with Gasteiger partial charge in [0.2, 0.25) is 0 Å². The van der Waals surface area contributed by atoms with E-state index in [0.29, 0.717) is 31.7 Å². The molecule has 0 aliphatic carbocycles. The molecule has 1 unspecified atom stereocenters. The molecular weight excluding hydrogens is 534 g/mol. The molecule has 220 valence electrons. The van der Waals surface area contributed by atoms with E-state index >= 15 is 0 Å². The third-order valence-electron chi connectivity index (χ3n) is 7.71. The number of hydrogen-bond donors (Lipinski definition) is 2. The lowest BCUT2D eigenvalue weighted by Gasteiger charge is -2.44. The highest BCUT2D eigenvalue weighted by Gasteiger charge is 2.39. The summed E-state index contributed by atoms with van der Waals surface area (Å²) in [4.78, 5) is 2.32. The minimum Gasteiger partial charge on any atom is -0.370 e. The molecule has 0 spiro atoms. The predicted molar refractivity (Wildman–Crippen MR) is 159 cm³/mol. The van der Waals surface area contributed by atoms with Crippen LogP contribution < -0.4 is 5.32 Å². The third kappa shape index (κ3) is 8.31. The Morgan fingerprint density at radius 3 is 1.86 bits per heavy atom. The normalized spacial score (nSPS) is 20.4. The van der Waals surface area contributed by atoms with Gasteiger partial charge in [0, 0.05) is 25.2 Å². The van der Waals surface area contributed by atoms with Gasteiger partial charge < -0.3 is 19.9 Å². The van der Waals surface area contributed by atoms with Crippen molar-refractivity contribution in [1.29, 1.82) is 0 Å². The molecule has 4 aromatic rings. The highest BCUT2D eigenvalue weighted by atomic mass is 19.1. The standard InChI is InChI=1S/C35H38F2N2O3/c1-25-35(40)42-24-32(38-25)34(41-23-28-15-9-4-10-16-28)33(19-29-17-30(36)20-31(37)18-29)39(21-26-11-5-2-6-12-26)22-27-13-7-3-8-14-27/h2-18,20,25,32-35,38,40H,19,21-24H2,1H3/t25-,32+,33-,34-,35?/m0/s1. The van der Waals surface area contributed by atoms with Crippen LogP contribution in [0.4, 0.5) is 8.78 Å². The van der Waals surface area contributed by atoms with Gasteiger partial charge in [-0.1, -0.05) is 91.0 Å². The Kier molecular flexibility index (Phi) is 10.5. The molecule has 1 aliphatic heterocycles. The van der Waals surface area contributed by atoms with E-state index in [2.05, 4.69) is 34.5 Å². The molecule has 1 saturated heterocycles. The molecule has 0 aromatic heterocycles. The molecule has 1 aliphatic rings. The second-order valence-corrected chi connectivity index (χ2v) is 11.0. The fraction of sp³-hybridized carbons (Fsp3) is 0.314. The van der Waals surface area contributed by atoms with Crippen molar-refractivity contribution in [1.82, 2.24) is 10.2 Å². The van der Waals surface area contributed by atoms with E-state index in [0.717, 1.165) is 22.8 Å². The van der Waals surface area contributed by atoms with Gasteiger partial charge in [-0.05, 0) is 47.7 Å². The molecule has 7 heteroatoms. The van der Waals surface area contributed by atoms with Crippen LogP contribution >= 0.6 is 0 Å². The monoisotopic (exact) mass is 572 g/mol. The van der Waals surface area contributed by atoms with E-state index in [4.69, 9.17) is 9.47 Å². The first kappa shape index (κ1) is 30.0. The molecule has 0 saturated carbocycles. The molecule has 1 fully saturated rings. The fourth-order valence-electron chi connectivity index (χ4n) is 5.62. The SMILES string of the molecule is C[C@@H]1N[C@@H]([C@H](OCc2ccccc2)[C@H](Cc2cc(F)cc(F)c2)N(Cc2ccccc2)Cc2ccccc2)COC1O. The summed E-state index contributed by atoms with van der Waals surface area (Å²) in [5, 5.41) is 13.8. The van der Waals surface area contributed by atoms with Gasteiger partial charge in [-0.25, -0.2) is 8.78 Å². The lowest BCUT2D eigenvalue weighted by Crippen LogP contribution is -2.62. The summed E-state index contributed by atoms with van der Waals surface area (Å²) in [7, 11) is 0. The summed E-state index contributed by atoms with van der Waals surface area (Å²) < 4.78 is 41.4. The van der Waals surface area contributed by atoms with Crippen molar-refractivity contribution in [2.24, 2.45) is 0 Å². The predicted octanol–water partition coefficient (Wildman–Crippen LogP) is 5.86. The maximum Gasteiger partial charge on any atom is 0.169 e. The molecule has 4 aromatic carbocycles. The number of benzene rings is 4. The van der Waals surface area contributed by atoms with E-state index < -0.39 is 24.0 Å². The van der Waals surface area contributed by atoms with E-state index in [1.54, 1.807) is 0 Å². The van der Waals surface area contributed by atoms with Crippen molar-refractivity contribution in [3.8, 4) is 0 Å². The summed E-state index contributed by atoms with van der Waals surface area (Å²) in [5.41, 5.74) is 3.78. The topological polar surface area (TPSA) is 54.0 Å². The maximum atomic E-state index is 14.4. The number of hydrogen-bond acceptors (Lipinski definition) is 5. The number of morpholine rings is 1. The number of aliphatic hydroxyl groups is 1. The number of nitrogens with one attached hydrogen (secondary N) is 1. The van der Waals surface area contributed by atoms with Gasteiger partial charge in [-0.15, -0.1) is 0 Å². The number of rotatable bonds is 12. The van der Waals surface area contributed by atoms with Gasteiger partial charge in [-0.2, -0.15) is 0 Å². The quantitative estimate of drug-likeness (QED) is 0.223. The molecule has 0 radical (unpaired) electrons. The van der Waals surface area contributed by atoms with Gasteiger partial charge in [0.05, 0.1) is 31.4 Å². The first-order chi connectivity index (χ1) is 20.4. The molecule has 5 atom stereocenters. The van der Waals surface area contributed by atoms with E-state index in [-0.39, 0.29) is 24.7 Å². The number of nitrogens with zero attached hydrogens (tertiary/aromatic N) is 1. The Hall–Kier alpha value is -3.46. The molecular formula is C35H38F2N2O3. The summed E-state index contributed by atoms with van der Waals surface area (Å²) in [6, 6.07) is 33.0. The fourth-order valence-corrected chi connectivity index (χ4v) is 5.62. The van der Waals surface area contributed by atoms with Crippen molar-refractivity contribution in [2.45, 2.75) is 63.6 Å². The maximum absolute atomic E-state index is 14.4. The van der Waals surface area contributed by atoms with Gasteiger partial charge in [0.25, 0.3) is 0 Å². The first-order valence-electron chi connectivity index (χ1n) is 14.4. The lowest BCUT2D eigenvalue weighted by molar-refractivity contribution is -0.171. The Labute approximate surface area is 246 Å². The second-order valence-electron chi connectivity index (χ2n) is 11.0. The highest BCUT2D eigenvalue weighted by molar-refractivity contribution is 5.22. The van der Waals surface area contributed by atoms with Crippen LogP contribution in [0.1, 0.15) is 29.2 Å². The Morgan fingerprint density at radius 1 is 0.810 bits per heavy atom. The van der Waals surface area contributed by atoms with Gasteiger partial charge in [0.1, 0.15) is 11.6 Å². The number of halogens is 2. The van der Waals surface area contributed by atoms with Gasteiger partial charge in [-0.3, -0.25) is 4.90 Å². The number of aliphatic hydroxyl groups excluding tert-OH is 1. The second kappa shape index (κ2) is 14.6. The molecule has 2 N–H and O–H groups in total. The molecule has 5 rings (SSSR count). The highest BCUT2D eigenvalue weighted by Crippen LogP contribution is 2.26. The summed E-state index contributed by atoms with van der Waals surface area (Å²) in [6.07, 6.45) is -1.06. The van der Waals surface area contributed by atoms with Crippen LogP contribution in [-0.4, -0.2) is 47.1 Å². The molecule has 0 amide bonds. The molecule has 5 nitrogen and oxygen atoms in total. The Bertz CT molecular complexity index is 1320. The van der Waals surface area contributed by atoms with Crippen molar-refractivity contribution < 1.29 is 23.4 Å². The molecule has 1 heterocycles. The lowest BCUT2D eigenvalue weighted by atomic mass is 9.92. The summed E-state index contributed by atoms with van der Waals surface area (Å²) >= 11 is 0. The summed E-state index contributed by atoms with van der Waals surface area (Å²) in [5.74, 6) is -1.22. The first-order valence-corrected chi connectivity index (χ1v) is 14.4. The third-order valence-corrected chi connectivity index (χ3v) is 7.71. The van der Waals surface area contributed by atoms with Crippen molar-refractivity contribution in [3.05, 3.63) is 143 Å². The van der Waals surface area contributed by atoms with E-state index in [1.807, 2.05) is 73.7 Å². The zero-order valence-electron chi connectivity index (χ0n) is 23.8. The molecule has 0 bridgehead atoms. The number of ether oxygens (including phenoxy) is 2. The molecule has 42 heavy (non-hydrogen) atoms. The minimum atomic E-state index is -0.934. The van der Waals surface area contributed by atoms with Crippen LogP contribution in [-0.2, 0) is 35.6 Å². The van der Waals surface area contributed by atoms with E-state index in [9.17, 15) is 13.9 Å². The minimum absolute atomic E-state index is 0.226. The van der Waals surface area contributed by atoms with Crippen LogP contribution in [0.5, 0.6) is 0 Å². The average molecular weight is 573 g/mol. The zero-order valence-corrected chi connectivity index (χ0v) is 23.8. The van der Waals surface area contributed by atoms with Gasteiger partial charge in [0.15, 0.2) is 6.29 Å². The average Bonchev–Trinajstić information content (AvgIpc) is 2.99. The van der Waals surface area contributed by atoms with Crippen LogP contribution in [0.3, 0.4) is 0 Å². The zero-order chi connectivity index (χ0) is 29.3. The van der Waals surface area contributed by atoms with Crippen molar-refractivity contribution in [2.75, 3.05) is 6.61 Å². The smallest absolute Gasteiger partial charge is 0.169 e. The Balaban J connectivity index is 1.56. The van der Waals surface area contributed by atoms with Crippen molar-refractivity contribution >= 4 is 0 Å².